The second-order valence-corrected chi connectivity index (χ2v) is 9.23. The molecule has 1 aliphatic heterocycles. The van der Waals surface area contributed by atoms with Gasteiger partial charge in [0.2, 0.25) is 0 Å². The van der Waals surface area contributed by atoms with Crippen LogP contribution in [0.1, 0.15) is 36.6 Å². The third-order valence-electron chi connectivity index (χ3n) is 5.86. The Morgan fingerprint density at radius 2 is 1.81 bits per heavy atom. The molecule has 2 aromatic heterocycles. The maximum atomic E-state index is 13.8. The molecular weight excluding hydrogens is 486 g/mol. The van der Waals surface area contributed by atoms with E-state index in [4.69, 9.17) is 14.5 Å². The Labute approximate surface area is 217 Å². The molecule has 186 valence electrons. The van der Waals surface area contributed by atoms with Crippen LogP contribution in [0.3, 0.4) is 0 Å². The van der Waals surface area contributed by atoms with Crippen LogP contribution in [0.15, 0.2) is 94.5 Å². The predicted octanol–water partition coefficient (Wildman–Crippen LogP) is 3.73. The van der Waals surface area contributed by atoms with E-state index in [1.165, 1.54) is 11.3 Å². The fraction of sp³-hybridized carbons (Fsp3) is 0.172. The number of nitrogens with zero attached hydrogens (tertiary/aromatic N) is 3. The maximum absolute atomic E-state index is 13.8. The summed E-state index contributed by atoms with van der Waals surface area (Å²) in [6.07, 6.45) is 5.17. The molecule has 1 aliphatic rings. The van der Waals surface area contributed by atoms with E-state index in [1.807, 2.05) is 73.7 Å². The van der Waals surface area contributed by atoms with Crippen molar-refractivity contribution < 1.29 is 14.3 Å². The van der Waals surface area contributed by atoms with Gasteiger partial charge in [-0.05, 0) is 49.2 Å². The average Bonchev–Trinajstić information content (AvgIpc) is 3.24. The van der Waals surface area contributed by atoms with E-state index in [1.54, 1.807) is 30.0 Å². The highest BCUT2D eigenvalue weighted by Crippen LogP contribution is 2.35. The van der Waals surface area contributed by atoms with Gasteiger partial charge in [0.25, 0.3) is 5.56 Å². The molecule has 1 atom stereocenters. The number of thiazole rings is 1. The van der Waals surface area contributed by atoms with Crippen LogP contribution in [0, 0.1) is 0 Å². The van der Waals surface area contributed by atoms with E-state index in [9.17, 15) is 9.59 Å². The molecule has 0 aliphatic carbocycles. The summed E-state index contributed by atoms with van der Waals surface area (Å²) in [5.41, 5.74) is 2.90. The summed E-state index contributed by atoms with van der Waals surface area (Å²) in [4.78, 5) is 36.8. The number of carbonyl (C=O) groups is 1. The van der Waals surface area contributed by atoms with Crippen molar-refractivity contribution in [2.45, 2.75) is 19.9 Å². The van der Waals surface area contributed by atoms with Crippen molar-refractivity contribution in [3.8, 4) is 5.75 Å². The van der Waals surface area contributed by atoms with Crippen LogP contribution in [0.5, 0.6) is 5.75 Å². The van der Waals surface area contributed by atoms with Crippen molar-refractivity contribution >= 4 is 29.1 Å². The van der Waals surface area contributed by atoms with E-state index in [0.29, 0.717) is 33.0 Å². The number of rotatable bonds is 7. The molecule has 0 spiro atoms. The number of ether oxygens (including phenoxy) is 2. The fourth-order valence-corrected chi connectivity index (χ4v) is 5.28. The van der Waals surface area contributed by atoms with E-state index in [2.05, 4.69) is 4.98 Å². The van der Waals surface area contributed by atoms with Gasteiger partial charge in [0.1, 0.15) is 5.75 Å². The highest BCUT2D eigenvalue weighted by Gasteiger charge is 2.35. The van der Waals surface area contributed by atoms with Crippen molar-refractivity contribution in [1.29, 1.82) is 0 Å². The molecule has 0 fully saturated rings. The zero-order valence-electron chi connectivity index (χ0n) is 20.5. The van der Waals surface area contributed by atoms with Gasteiger partial charge in [0.05, 0.1) is 35.1 Å². The zero-order chi connectivity index (χ0) is 25.8. The van der Waals surface area contributed by atoms with E-state index >= 15 is 0 Å². The lowest BCUT2D eigenvalue weighted by molar-refractivity contribution is -0.138. The van der Waals surface area contributed by atoms with Gasteiger partial charge < -0.3 is 9.47 Å². The van der Waals surface area contributed by atoms with Gasteiger partial charge in [-0.3, -0.25) is 14.3 Å². The van der Waals surface area contributed by atoms with Crippen molar-refractivity contribution in [1.82, 2.24) is 9.55 Å². The average molecular weight is 512 g/mol. The number of carbonyl (C=O) groups excluding carboxylic acids is 1. The van der Waals surface area contributed by atoms with Gasteiger partial charge in [-0.1, -0.05) is 59.9 Å². The minimum Gasteiger partial charge on any atom is -0.494 e. The Bertz CT molecular complexity index is 1620. The fourth-order valence-electron chi connectivity index (χ4n) is 4.28. The van der Waals surface area contributed by atoms with E-state index in [-0.39, 0.29) is 12.2 Å². The third kappa shape index (κ3) is 4.88. The number of aromatic nitrogens is 2. The van der Waals surface area contributed by atoms with Gasteiger partial charge in [0, 0.05) is 18.0 Å². The molecule has 0 radical (unpaired) electrons. The smallest absolute Gasteiger partial charge is 0.338 e. The van der Waals surface area contributed by atoms with Crippen molar-refractivity contribution in [2.24, 2.45) is 4.99 Å². The summed E-state index contributed by atoms with van der Waals surface area (Å²) in [7, 11) is 0. The van der Waals surface area contributed by atoms with Gasteiger partial charge in [0.15, 0.2) is 4.80 Å². The van der Waals surface area contributed by atoms with E-state index < -0.39 is 12.0 Å². The molecular formula is C29H25N3O4S. The van der Waals surface area contributed by atoms with Crippen molar-refractivity contribution in [3.63, 3.8) is 0 Å². The summed E-state index contributed by atoms with van der Waals surface area (Å²) in [5, 5.41) is 0. The number of esters is 1. The molecule has 37 heavy (non-hydrogen) atoms. The highest BCUT2D eigenvalue weighted by molar-refractivity contribution is 7.07. The van der Waals surface area contributed by atoms with Crippen LogP contribution in [-0.4, -0.2) is 28.7 Å². The van der Waals surface area contributed by atoms with Crippen LogP contribution in [-0.2, 0) is 9.53 Å². The van der Waals surface area contributed by atoms with Gasteiger partial charge in [-0.15, -0.1) is 0 Å². The van der Waals surface area contributed by atoms with Crippen molar-refractivity contribution in [3.05, 3.63) is 121 Å². The lowest BCUT2D eigenvalue weighted by Crippen LogP contribution is -2.40. The molecule has 0 unspecified atom stereocenters. The van der Waals surface area contributed by atoms with Gasteiger partial charge >= 0.3 is 5.97 Å². The lowest BCUT2D eigenvalue weighted by Gasteiger charge is -2.26. The monoisotopic (exact) mass is 511 g/mol. The molecule has 0 N–H and O–H groups in total. The minimum atomic E-state index is -0.725. The third-order valence-corrected chi connectivity index (χ3v) is 6.85. The largest absolute Gasteiger partial charge is 0.494 e. The van der Waals surface area contributed by atoms with Gasteiger partial charge in [-0.25, -0.2) is 9.79 Å². The molecule has 0 saturated heterocycles. The molecule has 4 aromatic rings. The summed E-state index contributed by atoms with van der Waals surface area (Å²) in [6, 6.07) is 19.9. The molecule has 7 nitrogen and oxygen atoms in total. The Balaban J connectivity index is 1.80. The summed E-state index contributed by atoms with van der Waals surface area (Å²) >= 11 is 1.28. The predicted molar refractivity (Wildman–Crippen MR) is 143 cm³/mol. The van der Waals surface area contributed by atoms with Crippen LogP contribution in [0.4, 0.5) is 0 Å². The molecule has 3 heterocycles. The number of hydrogen-bond donors (Lipinski definition) is 0. The number of hydrogen-bond acceptors (Lipinski definition) is 7. The molecule has 2 aromatic carbocycles. The summed E-state index contributed by atoms with van der Waals surface area (Å²) in [6.45, 7) is 4.42. The first-order valence-corrected chi connectivity index (χ1v) is 12.8. The number of fused-ring (bicyclic) bond motifs is 1. The summed E-state index contributed by atoms with van der Waals surface area (Å²) in [5.74, 6) is 0.200. The van der Waals surface area contributed by atoms with Crippen LogP contribution < -0.4 is 19.6 Å². The van der Waals surface area contributed by atoms with Crippen LogP contribution in [0.2, 0.25) is 0 Å². The van der Waals surface area contributed by atoms with Crippen LogP contribution >= 0.6 is 11.3 Å². The summed E-state index contributed by atoms with van der Waals surface area (Å²) < 4.78 is 13.2. The molecule has 5 rings (SSSR count). The standard InChI is InChI=1S/C29H25N3O4S/c1-3-35-22-14-12-21(13-15-22)26-24(28(34)36-4-2)25(20-10-6-5-7-11-20)31-29-32(26)27(33)23(37-29)17-19-9-8-16-30-18-19/h5-18,26H,3-4H2,1-2H3/b23-17+/t26-/m0/s1. The highest BCUT2D eigenvalue weighted by atomic mass is 32.1. The quantitative estimate of drug-likeness (QED) is 0.353. The number of pyridine rings is 1. The topological polar surface area (TPSA) is 82.8 Å². The van der Waals surface area contributed by atoms with Crippen molar-refractivity contribution in [2.75, 3.05) is 13.2 Å². The molecule has 0 saturated carbocycles. The second-order valence-electron chi connectivity index (χ2n) is 8.22. The minimum absolute atomic E-state index is 0.200. The Hall–Kier alpha value is -4.30. The SMILES string of the molecule is CCOC(=O)C1=C(c2ccccc2)N=c2s/c(=C/c3cccnc3)c(=O)n2[C@H]1c1ccc(OCC)cc1. The zero-order valence-corrected chi connectivity index (χ0v) is 21.3. The first-order valence-electron chi connectivity index (χ1n) is 12.0. The Morgan fingerprint density at radius 1 is 1.03 bits per heavy atom. The molecule has 0 amide bonds. The number of benzene rings is 2. The maximum Gasteiger partial charge on any atom is 0.338 e. The van der Waals surface area contributed by atoms with E-state index in [0.717, 1.165) is 16.7 Å². The first kappa shape index (κ1) is 24.4. The first-order chi connectivity index (χ1) is 18.1. The Morgan fingerprint density at radius 3 is 2.49 bits per heavy atom. The Kier molecular flexibility index (Phi) is 7.09. The normalized spacial score (nSPS) is 15.2. The molecule has 8 heteroatoms. The molecule has 0 bridgehead atoms. The van der Waals surface area contributed by atoms with Crippen LogP contribution in [0.25, 0.3) is 11.8 Å². The van der Waals surface area contributed by atoms with Gasteiger partial charge in [-0.2, -0.15) is 0 Å². The lowest BCUT2D eigenvalue weighted by atomic mass is 9.93. The second kappa shape index (κ2) is 10.8.